The molecule has 0 unspecified atom stereocenters. The molecule has 0 aromatic carbocycles. The Hall–Kier alpha value is -0.170. The molecule has 0 aromatic heterocycles. The first-order valence-electron chi connectivity index (χ1n) is 6.86. The lowest BCUT2D eigenvalue weighted by Crippen LogP contribution is -2.48. The topological polar surface area (TPSA) is 69.6 Å². The fraction of sp³-hybridized carbons (Fsp3) is 1.00. The molecule has 0 aromatic rings. The van der Waals surface area contributed by atoms with Crippen molar-refractivity contribution in [1.29, 1.82) is 0 Å². The van der Waals surface area contributed by atoms with Crippen LogP contribution in [0.4, 0.5) is 0 Å². The summed E-state index contributed by atoms with van der Waals surface area (Å²) in [6.07, 6.45) is 3.21. The third kappa shape index (κ3) is 4.70. The molecular weight excluding hydrogens is 264 g/mol. The highest BCUT2D eigenvalue weighted by molar-refractivity contribution is 7.87. The van der Waals surface area contributed by atoms with Gasteiger partial charge in [0.15, 0.2) is 0 Å². The maximum absolute atomic E-state index is 11.6. The number of aliphatic hydroxyl groups is 1. The highest BCUT2D eigenvalue weighted by Crippen LogP contribution is 2.41. The van der Waals surface area contributed by atoms with Crippen molar-refractivity contribution in [2.75, 3.05) is 20.6 Å². The fourth-order valence-corrected chi connectivity index (χ4v) is 3.26. The summed E-state index contributed by atoms with van der Waals surface area (Å²) in [4.78, 5) is 0. The predicted molar refractivity (Wildman–Crippen MR) is 77.0 cm³/mol. The molecule has 0 bridgehead atoms. The molecule has 0 atom stereocenters. The predicted octanol–water partition coefficient (Wildman–Crippen LogP) is 1.35. The van der Waals surface area contributed by atoms with Gasteiger partial charge in [-0.05, 0) is 37.0 Å². The monoisotopic (exact) mass is 292 g/mol. The van der Waals surface area contributed by atoms with Gasteiger partial charge in [-0.15, -0.1) is 0 Å². The molecule has 0 saturated heterocycles. The minimum atomic E-state index is -3.45. The summed E-state index contributed by atoms with van der Waals surface area (Å²) in [5.41, 5.74) is -0.644. The molecule has 114 valence electrons. The molecule has 0 spiro atoms. The zero-order chi connectivity index (χ0) is 14.9. The van der Waals surface area contributed by atoms with E-state index in [1.54, 1.807) is 0 Å². The minimum Gasteiger partial charge on any atom is -0.389 e. The number of hydrogen-bond donors (Lipinski definition) is 2. The molecule has 6 heteroatoms. The summed E-state index contributed by atoms with van der Waals surface area (Å²) in [7, 11) is -0.504. The van der Waals surface area contributed by atoms with E-state index in [1.807, 2.05) is 0 Å². The Kier molecular flexibility index (Phi) is 5.04. The Morgan fingerprint density at radius 2 is 1.74 bits per heavy atom. The molecule has 1 aliphatic carbocycles. The second-order valence-corrected chi connectivity index (χ2v) is 8.94. The highest BCUT2D eigenvalue weighted by atomic mass is 32.2. The van der Waals surface area contributed by atoms with Crippen molar-refractivity contribution in [1.82, 2.24) is 9.03 Å². The summed E-state index contributed by atoms with van der Waals surface area (Å²) in [5, 5.41) is 10.5. The van der Waals surface area contributed by atoms with Crippen LogP contribution in [0.1, 0.15) is 46.5 Å². The van der Waals surface area contributed by atoms with Crippen molar-refractivity contribution >= 4 is 10.2 Å². The molecule has 1 fully saturated rings. The van der Waals surface area contributed by atoms with E-state index in [0.717, 1.165) is 17.1 Å². The molecule has 0 radical (unpaired) electrons. The van der Waals surface area contributed by atoms with Gasteiger partial charge in [-0.3, -0.25) is 0 Å². The van der Waals surface area contributed by atoms with Gasteiger partial charge in [0.2, 0.25) is 0 Å². The van der Waals surface area contributed by atoms with E-state index >= 15 is 0 Å². The van der Waals surface area contributed by atoms with Gasteiger partial charge in [-0.1, -0.05) is 20.8 Å². The van der Waals surface area contributed by atoms with Gasteiger partial charge >= 0.3 is 0 Å². The second kappa shape index (κ2) is 5.68. The van der Waals surface area contributed by atoms with E-state index in [0.29, 0.717) is 18.8 Å². The average Bonchev–Trinajstić information content (AvgIpc) is 2.26. The van der Waals surface area contributed by atoms with Crippen LogP contribution < -0.4 is 4.72 Å². The van der Waals surface area contributed by atoms with Crippen LogP contribution in [-0.2, 0) is 10.2 Å². The largest absolute Gasteiger partial charge is 0.389 e. The number of nitrogens with zero attached hydrogens (tertiary/aromatic N) is 1. The highest BCUT2D eigenvalue weighted by Gasteiger charge is 2.37. The van der Waals surface area contributed by atoms with Crippen LogP contribution in [0, 0.1) is 11.3 Å². The van der Waals surface area contributed by atoms with Crippen molar-refractivity contribution in [3.05, 3.63) is 0 Å². The van der Waals surface area contributed by atoms with Gasteiger partial charge in [0.05, 0.1) is 5.60 Å². The number of hydrogen-bond acceptors (Lipinski definition) is 3. The lowest BCUT2D eigenvalue weighted by molar-refractivity contribution is -0.0203. The van der Waals surface area contributed by atoms with Gasteiger partial charge in [-0.25, -0.2) is 0 Å². The first kappa shape index (κ1) is 16.9. The molecule has 1 saturated carbocycles. The SMILES string of the molecule is CN(C)S(=O)(=O)NCC1(O)CCC(C(C)(C)C)CC1. The van der Waals surface area contributed by atoms with Gasteiger partial charge in [0, 0.05) is 20.6 Å². The maximum atomic E-state index is 11.6. The molecule has 1 aliphatic rings. The molecule has 0 amide bonds. The number of rotatable bonds is 4. The molecule has 5 nitrogen and oxygen atoms in total. The van der Waals surface area contributed by atoms with Gasteiger partial charge in [-0.2, -0.15) is 17.4 Å². The number of nitrogens with one attached hydrogen (secondary N) is 1. The van der Waals surface area contributed by atoms with Crippen molar-refractivity contribution in [3.63, 3.8) is 0 Å². The van der Waals surface area contributed by atoms with E-state index < -0.39 is 15.8 Å². The normalized spacial score (nSPS) is 29.7. The smallest absolute Gasteiger partial charge is 0.279 e. The van der Waals surface area contributed by atoms with Gasteiger partial charge < -0.3 is 5.11 Å². The van der Waals surface area contributed by atoms with E-state index in [1.165, 1.54) is 14.1 Å². The molecule has 19 heavy (non-hydrogen) atoms. The zero-order valence-electron chi connectivity index (χ0n) is 12.7. The van der Waals surface area contributed by atoms with Crippen LogP contribution in [0.25, 0.3) is 0 Å². The summed E-state index contributed by atoms with van der Waals surface area (Å²) < 4.78 is 26.9. The van der Waals surface area contributed by atoms with Crippen LogP contribution >= 0.6 is 0 Å². The summed E-state index contributed by atoms with van der Waals surface area (Å²) in [6, 6.07) is 0. The van der Waals surface area contributed by atoms with Crippen molar-refractivity contribution in [2.45, 2.75) is 52.1 Å². The summed E-state index contributed by atoms with van der Waals surface area (Å²) in [5.74, 6) is 0.596. The van der Waals surface area contributed by atoms with Crippen molar-refractivity contribution in [2.24, 2.45) is 11.3 Å². The van der Waals surface area contributed by atoms with E-state index in [9.17, 15) is 13.5 Å². The molecular formula is C13H28N2O3S. The van der Waals surface area contributed by atoms with Crippen LogP contribution in [0.15, 0.2) is 0 Å². The molecule has 1 rings (SSSR count). The third-order valence-electron chi connectivity index (χ3n) is 4.21. The maximum Gasteiger partial charge on any atom is 0.279 e. The van der Waals surface area contributed by atoms with Gasteiger partial charge in [0.25, 0.3) is 10.2 Å². The molecule has 0 aliphatic heterocycles. The fourth-order valence-electron chi connectivity index (χ4n) is 2.55. The lowest BCUT2D eigenvalue weighted by Gasteiger charge is -2.41. The second-order valence-electron chi connectivity index (χ2n) is 6.97. The first-order chi connectivity index (χ1) is 8.46. The van der Waals surface area contributed by atoms with Crippen LogP contribution in [0.3, 0.4) is 0 Å². The van der Waals surface area contributed by atoms with Crippen molar-refractivity contribution in [3.8, 4) is 0 Å². The Balaban J connectivity index is 2.53. The Morgan fingerprint density at radius 3 is 2.11 bits per heavy atom. The van der Waals surface area contributed by atoms with Crippen LogP contribution in [-0.4, -0.2) is 44.1 Å². The van der Waals surface area contributed by atoms with Crippen LogP contribution in [0.2, 0.25) is 0 Å². The summed E-state index contributed by atoms with van der Waals surface area (Å²) >= 11 is 0. The Bertz CT molecular complexity index is 391. The standard InChI is InChI=1S/C13H28N2O3S/c1-12(2,3)11-6-8-13(16,9-7-11)10-14-19(17,18)15(4)5/h11,14,16H,6-10H2,1-5H3. The summed E-state index contributed by atoms with van der Waals surface area (Å²) in [6.45, 7) is 6.76. The van der Waals surface area contributed by atoms with E-state index in [-0.39, 0.29) is 12.0 Å². The molecule has 0 heterocycles. The third-order valence-corrected chi connectivity index (χ3v) is 5.68. The van der Waals surface area contributed by atoms with E-state index in [4.69, 9.17) is 0 Å². The average molecular weight is 292 g/mol. The quantitative estimate of drug-likeness (QED) is 0.822. The van der Waals surface area contributed by atoms with E-state index in [2.05, 4.69) is 25.5 Å². The first-order valence-corrected chi connectivity index (χ1v) is 8.30. The van der Waals surface area contributed by atoms with Crippen LogP contribution in [0.5, 0.6) is 0 Å². The van der Waals surface area contributed by atoms with Gasteiger partial charge in [0.1, 0.15) is 0 Å². The molecule has 2 N–H and O–H groups in total. The Labute approximate surface area is 117 Å². The minimum absolute atomic E-state index is 0.102. The zero-order valence-corrected chi connectivity index (χ0v) is 13.5. The van der Waals surface area contributed by atoms with Crippen molar-refractivity contribution < 1.29 is 13.5 Å². The lowest BCUT2D eigenvalue weighted by atomic mass is 9.68. The Morgan fingerprint density at radius 1 is 1.26 bits per heavy atom.